The van der Waals surface area contributed by atoms with Crippen LogP contribution >= 0.6 is 0 Å². The number of ether oxygens (including phenoxy) is 1. The van der Waals surface area contributed by atoms with Crippen LogP contribution in [0.5, 0.6) is 0 Å². The van der Waals surface area contributed by atoms with Crippen molar-refractivity contribution in [2.24, 2.45) is 45.3 Å². The summed E-state index contributed by atoms with van der Waals surface area (Å²) >= 11 is 0. The summed E-state index contributed by atoms with van der Waals surface area (Å²) in [4.78, 5) is 40.1. The van der Waals surface area contributed by atoms with E-state index in [0.29, 0.717) is 24.7 Å². The van der Waals surface area contributed by atoms with Crippen molar-refractivity contribution < 1.29 is 19.1 Å². The summed E-state index contributed by atoms with van der Waals surface area (Å²) in [7, 11) is 0. The fraction of sp³-hybridized carbons (Fsp3) is 0.844. The molecule has 0 saturated heterocycles. The Morgan fingerprint density at radius 2 is 1.61 bits per heavy atom. The number of carbonyl (C=O) groups is 3. The zero-order chi connectivity index (χ0) is 26.8. The standard InChI is InChI=1S/C32H50O4/c1-19(2)11-10-12-20(3)22-13-16-31(8)28-23(34)17-25-29(5,6)26(36-21(4)33)14-15-30(25,7)27(28)24(35)18-32(22,31)9/h19-20,22,25-26H,10-18H2,1-9H3/t20-,22-,25-,26-,30+,31+,32-/m1/s1. The highest BCUT2D eigenvalue weighted by Gasteiger charge is 2.67. The van der Waals surface area contributed by atoms with Crippen LogP contribution in [-0.2, 0) is 19.1 Å². The summed E-state index contributed by atoms with van der Waals surface area (Å²) in [5, 5.41) is 0. The van der Waals surface area contributed by atoms with Crippen LogP contribution in [0.2, 0.25) is 0 Å². The number of esters is 1. The average Bonchev–Trinajstić information content (AvgIpc) is 3.02. The molecule has 0 bridgehead atoms. The summed E-state index contributed by atoms with van der Waals surface area (Å²) in [5.74, 6) is 1.88. The lowest BCUT2D eigenvalue weighted by Gasteiger charge is -2.60. The van der Waals surface area contributed by atoms with Crippen molar-refractivity contribution in [3.8, 4) is 0 Å². The molecule has 0 heterocycles. The highest BCUT2D eigenvalue weighted by molar-refractivity contribution is 6.11. The van der Waals surface area contributed by atoms with Crippen molar-refractivity contribution in [1.82, 2.24) is 0 Å². The second kappa shape index (κ2) is 9.09. The molecule has 0 aliphatic heterocycles. The minimum absolute atomic E-state index is 0.00147. The first kappa shape index (κ1) is 27.6. The molecular weight excluding hydrogens is 448 g/mol. The number of hydrogen-bond acceptors (Lipinski definition) is 4. The lowest BCUT2D eigenvalue weighted by atomic mass is 9.42. The Balaban J connectivity index is 1.72. The second-order valence-corrected chi connectivity index (χ2v) is 14.6. The third kappa shape index (κ3) is 3.95. The molecule has 0 aromatic rings. The largest absolute Gasteiger partial charge is 0.462 e. The predicted octanol–water partition coefficient (Wildman–Crippen LogP) is 7.49. The molecule has 0 aromatic heterocycles. The number of fused-ring (bicyclic) bond motifs is 4. The van der Waals surface area contributed by atoms with Crippen LogP contribution in [0, 0.1) is 45.3 Å². The van der Waals surface area contributed by atoms with E-state index in [1.807, 2.05) is 0 Å². The molecule has 202 valence electrons. The smallest absolute Gasteiger partial charge is 0.302 e. The predicted molar refractivity (Wildman–Crippen MR) is 143 cm³/mol. The SMILES string of the molecule is CC(=O)O[C@@H]1CC[C@]2(C)C3=C(C(=O)C[C@@H]2C1(C)C)[C@]1(C)CC[C@H]([C@H](C)CCCC(C)C)[C@@]1(C)CC3=O. The van der Waals surface area contributed by atoms with Crippen molar-refractivity contribution in [3.63, 3.8) is 0 Å². The van der Waals surface area contributed by atoms with E-state index in [4.69, 9.17) is 4.74 Å². The van der Waals surface area contributed by atoms with E-state index in [9.17, 15) is 14.4 Å². The van der Waals surface area contributed by atoms with Gasteiger partial charge in [0.15, 0.2) is 11.6 Å². The maximum absolute atomic E-state index is 14.2. The van der Waals surface area contributed by atoms with Gasteiger partial charge in [0.1, 0.15) is 6.10 Å². The molecule has 0 N–H and O–H groups in total. The van der Waals surface area contributed by atoms with Crippen molar-refractivity contribution >= 4 is 17.5 Å². The first-order valence-electron chi connectivity index (χ1n) is 14.6. The molecule has 0 unspecified atom stereocenters. The van der Waals surface area contributed by atoms with Crippen LogP contribution in [-0.4, -0.2) is 23.6 Å². The molecule has 36 heavy (non-hydrogen) atoms. The van der Waals surface area contributed by atoms with Crippen molar-refractivity contribution in [2.75, 3.05) is 0 Å². The van der Waals surface area contributed by atoms with Gasteiger partial charge in [-0.25, -0.2) is 0 Å². The molecule has 0 radical (unpaired) electrons. The summed E-state index contributed by atoms with van der Waals surface area (Å²) in [6.45, 7) is 19.6. The number of ketones is 2. The topological polar surface area (TPSA) is 60.4 Å². The van der Waals surface area contributed by atoms with E-state index in [2.05, 4.69) is 55.4 Å². The van der Waals surface area contributed by atoms with Crippen molar-refractivity contribution in [3.05, 3.63) is 11.1 Å². The summed E-state index contributed by atoms with van der Waals surface area (Å²) < 4.78 is 5.74. The normalized spacial score (nSPS) is 40.6. The lowest BCUT2D eigenvalue weighted by Crippen LogP contribution is -2.59. The summed E-state index contributed by atoms with van der Waals surface area (Å²) in [6.07, 6.45) is 8.12. The van der Waals surface area contributed by atoms with Gasteiger partial charge in [-0.05, 0) is 54.8 Å². The number of allylic oxidation sites excluding steroid dienone is 2. The Hall–Kier alpha value is -1.45. The first-order valence-corrected chi connectivity index (χ1v) is 14.6. The zero-order valence-electron chi connectivity index (χ0n) is 24.4. The monoisotopic (exact) mass is 498 g/mol. The number of Topliss-reactive ketones (excluding diaryl/α,β-unsaturated/α-hetero) is 2. The van der Waals surface area contributed by atoms with Gasteiger partial charge in [0.05, 0.1) is 0 Å². The van der Waals surface area contributed by atoms with E-state index in [-0.39, 0.29) is 51.2 Å². The molecule has 4 aliphatic rings. The van der Waals surface area contributed by atoms with Crippen LogP contribution < -0.4 is 0 Å². The zero-order valence-corrected chi connectivity index (χ0v) is 24.4. The van der Waals surface area contributed by atoms with Crippen LogP contribution in [0.15, 0.2) is 11.1 Å². The third-order valence-electron chi connectivity index (χ3n) is 11.7. The minimum atomic E-state index is -0.363. The molecule has 7 atom stereocenters. The van der Waals surface area contributed by atoms with Crippen molar-refractivity contribution in [1.29, 1.82) is 0 Å². The third-order valence-corrected chi connectivity index (χ3v) is 11.7. The molecule has 0 aromatic carbocycles. The highest BCUT2D eigenvalue weighted by Crippen LogP contribution is 2.71. The van der Waals surface area contributed by atoms with Gasteiger partial charge in [-0.15, -0.1) is 0 Å². The second-order valence-electron chi connectivity index (χ2n) is 14.6. The number of rotatable bonds is 6. The van der Waals surface area contributed by atoms with Gasteiger partial charge in [0.2, 0.25) is 0 Å². The molecule has 4 nitrogen and oxygen atoms in total. The van der Waals surface area contributed by atoms with Gasteiger partial charge >= 0.3 is 5.97 Å². The van der Waals surface area contributed by atoms with E-state index in [1.165, 1.54) is 26.2 Å². The minimum Gasteiger partial charge on any atom is -0.462 e. The van der Waals surface area contributed by atoms with Crippen LogP contribution in [0.1, 0.15) is 120 Å². The molecule has 0 amide bonds. The Bertz CT molecular complexity index is 973. The van der Waals surface area contributed by atoms with Gasteiger partial charge in [0, 0.05) is 47.2 Å². The average molecular weight is 499 g/mol. The van der Waals surface area contributed by atoms with Gasteiger partial charge in [-0.2, -0.15) is 0 Å². The highest BCUT2D eigenvalue weighted by atomic mass is 16.5. The lowest BCUT2D eigenvalue weighted by molar-refractivity contribution is -0.169. The fourth-order valence-electron chi connectivity index (χ4n) is 9.55. The Morgan fingerprint density at radius 1 is 0.944 bits per heavy atom. The molecule has 0 spiro atoms. The van der Waals surface area contributed by atoms with Gasteiger partial charge in [-0.3, -0.25) is 14.4 Å². The Kier molecular flexibility index (Phi) is 6.96. The van der Waals surface area contributed by atoms with Crippen LogP contribution in [0.4, 0.5) is 0 Å². The quantitative estimate of drug-likeness (QED) is 0.356. The Labute approximate surface area is 219 Å². The molecule has 2 saturated carbocycles. The number of hydrogen-bond donors (Lipinski definition) is 0. The van der Waals surface area contributed by atoms with Gasteiger partial charge in [0.25, 0.3) is 0 Å². The number of carbonyl (C=O) groups excluding carboxylic acids is 3. The fourth-order valence-corrected chi connectivity index (χ4v) is 9.55. The maximum Gasteiger partial charge on any atom is 0.302 e. The van der Waals surface area contributed by atoms with Crippen LogP contribution in [0.3, 0.4) is 0 Å². The first-order chi connectivity index (χ1) is 16.6. The van der Waals surface area contributed by atoms with Crippen molar-refractivity contribution in [2.45, 2.75) is 126 Å². The maximum atomic E-state index is 14.2. The van der Waals surface area contributed by atoms with E-state index in [1.54, 1.807) is 0 Å². The van der Waals surface area contributed by atoms with E-state index >= 15 is 0 Å². The summed E-state index contributed by atoms with van der Waals surface area (Å²) in [6, 6.07) is 0. The van der Waals surface area contributed by atoms with Gasteiger partial charge in [-0.1, -0.05) is 74.7 Å². The molecular formula is C32H50O4. The van der Waals surface area contributed by atoms with E-state index < -0.39 is 0 Å². The summed E-state index contributed by atoms with van der Waals surface area (Å²) in [5.41, 5.74) is 0.632. The molecule has 4 rings (SSSR count). The van der Waals surface area contributed by atoms with E-state index in [0.717, 1.165) is 42.7 Å². The molecule has 2 fully saturated rings. The van der Waals surface area contributed by atoms with Gasteiger partial charge < -0.3 is 4.74 Å². The Morgan fingerprint density at radius 3 is 2.22 bits per heavy atom. The van der Waals surface area contributed by atoms with Crippen LogP contribution in [0.25, 0.3) is 0 Å². The molecule has 4 aliphatic carbocycles. The molecule has 4 heteroatoms.